The van der Waals surface area contributed by atoms with Gasteiger partial charge in [-0.15, -0.1) is 11.3 Å². The Labute approximate surface area is 152 Å². The Kier molecular flexibility index (Phi) is 9.29. The molecule has 1 aromatic rings. The van der Waals surface area contributed by atoms with Gasteiger partial charge in [0.25, 0.3) is 0 Å². The maximum atomic E-state index is 4.79. The zero-order valence-electron chi connectivity index (χ0n) is 16.5. The number of aromatic nitrogens is 1. The number of rotatable bonds is 9. The third-order valence-corrected chi connectivity index (χ3v) is 4.75. The normalized spacial score (nSPS) is 12.5. The predicted molar refractivity (Wildman–Crippen MR) is 106 cm³/mol. The predicted octanol–water partition coefficient (Wildman–Crippen LogP) is 3.36. The molecule has 0 saturated carbocycles. The number of aryl methyl sites for hydroxylation is 1. The standard InChI is InChI=1S/C18H35N5S/c1-8-19-18(22(7)12-17-13-24-16(6)21-17)20-10-9-11-23(14(2)3)15(4)5/h13-15H,8-12H2,1-7H3,(H,19,20). The number of nitrogens with one attached hydrogen (secondary N) is 1. The van der Waals surface area contributed by atoms with Crippen molar-refractivity contribution in [2.75, 3.05) is 26.7 Å². The Morgan fingerprint density at radius 2 is 1.96 bits per heavy atom. The van der Waals surface area contributed by atoms with E-state index in [2.05, 4.69) is 67.1 Å². The fraction of sp³-hybridized carbons (Fsp3) is 0.778. The van der Waals surface area contributed by atoms with Crippen LogP contribution in [0.1, 0.15) is 51.7 Å². The minimum absolute atomic E-state index is 0.581. The van der Waals surface area contributed by atoms with E-state index in [1.807, 2.05) is 6.92 Å². The van der Waals surface area contributed by atoms with Crippen LogP contribution in [0.25, 0.3) is 0 Å². The molecule has 1 aromatic heterocycles. The molecule has 0 spiro atoms. The number of hydrogen-bond acceptors (Lipinski definition) is 4. The van der Waals surface area contributed by atoms with E-state index in [9.17, 15) is 0 Å². The van der Waals surface area contributed by atoms with E-state index in [0.717, 1.165) is 49.3 Å². The SMILES string of the molecule is CCNC(=NCCCN(C(C)C)C(C)C)N(C)Cc1csc(C)n1. The summed E-state index contributed by atoms with van der Waals surface area (Å²) < 4.78 is 0. The second-order valence-electron chi connectivity index (χ2n) is 6.73. The van der Waals surface area contributed by atoms with Gasteiger partial charge in [0.1, 0.15) is 0 Å². The van der Waals surface area contributed by atoms with E-state index in [1.54, 1.807) is 11.3 Å². The lowest BCUT2D eigenvalue weighted by molar-refractivity contribution is 0.174. The highest BCUT2D eigenvalue weighted by Gasteiger charge is 2.13. The molecule has 1 heterocycles. The van der Waals surface area contributed by atoms with E-state index in [1.165, 1.54) is 0 Å². The molecule has 0 bridgehead atoms. The monoisotopic (exact) mass is 353 g/mol. The molecule has 0 amide bonds. The van der Waals surface area contributed by atoms with Crippen LogP contribution in [0.15, 0.2) is 10.4 Å². The quantitative estimate of drug-likeness (QED) is 0.420. The molecule has 0 aliphatic carbocycles. The summed E-state index contributed by atoms with van der Waals surface area (Å²) in [4.78, 5) is 14.0. The first-order valence-electron chi connectivity index (χ1n) is 9.01. The van der Waals surface area contributed by atoms with E-state index in [4.69, 9.17) is 4.99 Å². The smallest absolute Gasteiger partial charge is 0.194 e. The summed E-state index contributed by atoms with van der Waals surface area (Å²) >= 11 is 1.70. The second-order valence-corrected chi connectivity index (χ2v) is 7.79. The molecule has 1 N–H and O–H groups in total. The van der Waals surface area contributed by atoms with Crippen molar-refractivity contribution in [1.82, 2.24) is 20.1 Å². The molecule has 0 saturated heterocycles. The van der Waals surface area contributed by atoms with Crippen molar-refractivity contribution in [1.29, 1.82) is 0 Å². The highest BCUT2D eigenvalue weighted by Crippen LogP contribution is 2.10. The van der Waals surface area contributed by atoms with Gasteiger partial charge in [-0.25, -0.2) is 4.98 Å². The van der Waals surface area contributed by atoms with E-state index < -0.39 is 0 Å². The lowest BCUT2D eigenvalue weighted by Crippen LogP contribution is -2.39. The van der Waals surface area contributed by atoms with Crippen LogP contribution in [-0.4, -0.2) is 59.5 Å². The number of aliphatic imine (C=N–C) groups is 1. The zero-order valence-corrected chi connectivity index (χ0v) is 17.3. The molecule has 0 radical (unpaired) electrons. The molecule has 0 aromatic carbocycles. The van der Waals surface area contributed by atoms with Crippen molar-refractivity contribution in [2.45, 2.75) is 66.6 Å². The van der Waals surface area contributed by atoms with Crippen molar-refractivity contribution in [3.8, 4) is 0 Å². The molecule has 0 aliphatic heterocycles. The van der Waals surface area contributed by atoms with Crippen LogP contribution in [0, 0.1) is 6.92 Å². The van der Waals surface area contributed by atoms with Crippen LogP contribution in [0.2, 0.25) is 0 Å². The van der Waals surface area contributed by atoms with Crippen molar-refractivity contribution in [3.05, 3.63) is 16.1 Å². The molecule has 138 valence electrons. The summed E-state index contributed by atoms with van der Waals surface area (Å²) in [6.07, 6.45) is 1.08. The highest BCUT2D eigenvalue weighted by molar-refractivity contribution is 7.09. The fourth-order valence-electron chi connectivity index (χ4n) is 2.82. The Morgan fingerprint density at radius 3 is 2.46 bits per heavy atom. The average molecular weight is 354 g/mol. The van der Waals surface area contributed by atoms with Crippen LogP contribution in [0.3, 0.4) is 0 Å². The van der Waals surface area contributed by atoms with E-state index in [-0.39, 0.29) is 0 Å². The zero-order chi connectivity index (χ0) is 18.1. The number of nitrogens with zero attached hydrogens (tertiary/aromatic N) is 4. The van der Waals surface area contributed by atoms with Gasteiger partial charge < -0.3 is 10.2 Å². The maximum Gasteiger partial charge on any atom is 0.194 e. The van der Waals surface area contributed by atoms with Gasteiger partial charge in [0.15, 0.2) is 5.96 Å². The molecule has 0 aliphatic rings. The molecule has 0 fully saturated rings. The number of hydrogen-bond donors (Lipinski definition) is 1. The Hall–Kier alpha value is -1.14. The van der Waals surface area contributed by atoms with Crippen molar-refractivity contribution < 1.29 is 0 Å². The van der Waals surface area contributed by atoms with Gasteiger partial charge in [-0.05, 0) is 48.0 Å². The summed E-state index contributed by atoms with van der Waals surface area (Å²) in [7, 11) is 2.07. The van der Waals surface area contributed by atoms with Gasteiger partial charge in [-0.1, -0.05) is 0 Å². The van der Waals surface area contributed by atoms with Gasteiger partial charge in [0.2, 0.25) is 0 Å². The van der Waals surface area contributed by atoms with Crippen LogP contribution in [0.4, 0.5) is 0 Å². The average Bonchev–Trinajstić information content (AvgIpc) is 2.90. The lowest BCUT2D eigenvalue weighted by atomic mass is 10.2. The lowest BCUT2D eigenvalue weighted by Gasteiger charge is -2.30. The molecule has 0 unspecified atom stereocenters. The third kappa shape index (κ3) is 7.18. The second kappa shape index (κ2) is 10.7. The van der Waals surface area contributed by atoms with Gasteiger partial charge in [-0.3, -0.25) is 9.89 Å². The van der Waals surface area contributed by atoms with Gasteiger partial charge in [0, 0.05) is 44.1 Å². The summed E-state index contributed by atoms with van der Waals surface area (Å²) in [5, 5.41) is 6.62. The minimum atomic E-state index is 0.581. The Morgan fingerprint density at radius 1 is 1.29 bits per heavy atom. The summed E-state index contributed by atoms with van der Waals surface area (Å²) in [5.74, 6) is 0.962. The first-order chi connectivity index (χ1) is 11.3. The van der Waals surface area contributed by atoms with E-state index >= 15 is 0 Å². The van der Waals surface area contributed by atoms with Crippen molar-refractivity contribution in [3.63, 3.8) is 0 Å². The van der Waals surface area contributed by atoms with Gasteiger partial charge in [-0.2, -0.15) is 0 Å². The first-order valence-corrected chi connectivity index (χ1v) is 9.89. The molecular formula is C18H35N5S. The summed E-state index contributed by atoms with van der Waals surface area (Å²) in [6, 6.07) is 1.16. The summed E-state index contributed by atoms with van der Waals surface area (Å²) in [5.41, 5.74) is 1.11. The minimum Gasteiger partial charge on any atom is -0.357 e. The van der Waals surface area contributed by atoms with Crippen LogP contribution >= 0.6 is 11.3 Å². The molecule has 1 rings (SSSR count). The third-order valence-electron chi connectivity index (χ3n) is 3.92. The van der Waals surface area contributed by atoms with Crippen LogP contribution < -0.4 is 5.32 Å². The fourth-order valence-corrected chi connectivity index (χ4v) is 3.42. The Balaban J connectivity index is 2.55. The van der Waals surface area contributed by atoms with Crippen molar-refractivity contribution >= 4 is 17.3 Å². The van der Waals surface area contributed by atoms with Gasteiger partial charge in [0.05, 0.1) is 17.2 Å². The number of thiazole rings is 1. The number of guanidine groups is 1. The van der Waals surface area contributed by atoms with Crippen molar-refractivity contribution in [2.24, 2.45) is 4.99 Å². The molecule has 5 nitrogen and oxygen atoms in total. The molecule has 24 heavy (non-hydrogen) atoms. The Bertz CT molecular complexity index is 487. The maximum absolute atomic E-state index is 4.79. The topological polar surface area (TPSA) is 43.8 Å². The first kappa shape index (κ1) is 20.9. The largest absolute Gasteiger partial charge is 0.357 e. The molecule has 6 heteroatoms. The van der Waals surface area contributed by atoms with E-state index in [0.29, 0.717) is 12.1 Å². The van der Waals surface area contributed by atoms with Gasteiger partial charge >= 0.3 is 0 Å². The highest BCUT2D eigenvalue weighted by atomic mass is 32.1. The summed E-state index contributed by atoms with van der Waals surface area (Å²) in [6.45, 7) is 16.8. The molecule has 0 atom stereocenters. The molecular weight excluding hydrogens is 318 g/mol. The van der Waals surface area contributed by atoms with Crippen LogP contribution in [-0.2, 0) is 6.54 Å². The van der Waals surface area contributed by atoms with Crippen LogP contribution in [0.5, 0.6) is 0 Å².